The summed E-state index contributed by atoms with van der Waals surface area (Å²) in [5.41, 5.74) is 3.69. The Bertz CT molecular complexity index is 1810. The van der Waals surface area contributed by atoms with Crippen LogP contribution in [-0.2, 0) is 4.79 Å². The van der Waals surface area contributed by atoms with E-state index in [-0.39, 0.29) is 28.0 Å². The number of carboxylic acids is 1. The summed E-state index contributed by atoms with van der Waals surface area (Å²) in [6, 6.07) is 11.4. The van der Waals surface area contributed by atoms with Crippen LogP contribution in [0.4, 0.5) is 19.0 Å². The molecule has 1 atom stereocenters. The molecule has 1 saturated heterocycles. The number of methoxy groups -OCH3 is 1. The average molecular weight is 676 g/mol. The van der Waals surface area contributed by atoms with E-state index in [0.717, 1.165) is 36.1 Å². The van der Waals surface area contributed by atoms with Gasteiger partial charge in [0.25, 0.3) is 11.5 Å². The molecule has 2 aromatic carbocycles. The molecule has 0 spiro atoms. The number of nitrogens with zero attached hydrogens (tertiary/aromatic N) is 2. The Balaban J connectivity index is 0.000000644. The van der Waals surface area contributed by atoms with Gasteiger partial charge in [0.1, 0.15) is 17.5 Å². The van der Waals surface area contributed by atoms with Crippen molar-refractivity contribution in [1.29, 1.82) is 0 Å². The number of nitrogens with two attached hydrogens (primary N) is 1. The number of ether oxygens (including phenoxy) is 2. The van der Waals surface area contributed by atoms with Crippen molar-refractivity contribution in [3.8, 4) is 22.9 Å². The molecule has 1 fully saturated rings. The van der Waals surface area contributed by atoms with Crippen LogP contribution >= 0.6 is 11.6 Å². The van der Waals surface area contributed by atoms with Gasteiger partial charge in [-0.3, -0.25) is 9.59 Å². The maximum absolute atomic E-state index is 13.5. The summed E-state index contributed by atoms with van der Waals surface area (Å²) in [5, 5.41) is 14.7. The van der Waals surface area contributed by atoms with Crippen LogP contribution in [0.5, 0.6) is 11.8 Å². The van der Waals surface area contributed by atoms with Crippen LogP contribution in [0.25, 0.3) is 22.0 Å². The SMILES string of the molecule is COc1nccc(NC(=O)c2cc3c(OCCC4CCCC[NH2+]4)c(-c4cc(C)cc(C)c4)c(=O)[nH]c3cc2Cl)n1.O=C([O-])C(F)(F)F. The van der Waals surface area contributed by atoms with Crippen molar-refractivity contribution >= 4 is 40.2 Å². The first-order valence-electron chi connectivity index (χ1n) is 14.7. The van der Waals surface area contributed by atoms with Crippen molar-refractivity contribution in [3.63, 3.8) is 0 Å². The van der Waals surface area contributed by atoms with Gasteiger partial charge in [0.15, 0.2) is 0 Å². The fourth-order valence-electron chi connectivity index (χ4n) is 5.28. The quantitative estimate of drug-likeness (QED) is 0.255. The van der Waals surface area contributed by atoms with Crippen LogP contribution < -0.4 is 30.8 Å². The zero-order valence-electron chi connectivity index (χ0n) is 25.8. The molecule has 11 nitrogen and oxygen atoms in total. The first kappa shape index (κ1) is 35.2. The first-order valence-corrected chi connectivity index (χ1v) is 15.1. The summed E-state index contributed by atoms with van der Waals surface area (Å²) in [5.74, 6) is -2.76. The third-order valence-electron chi connectivity index (χ3n) is 7.36. The van der Waals surface area contributed by atoms with E-state index in [1.54, 1.807) is 18.2 Å². The van der Waals surface area contributed by atoms with Gasteiger partial charge >= 0.3 is 12.2 Å². The lowest BCUT2D eigenvalue weighted by atomic mass is 9.98. The molecule has 5 rings (SSSR count). The molecule has 1 aliphatic rings. The van der Waals surface area contributed by atoms with Gasteiger partial charge in [-0.25, -0.2) is 4.98 Å². The molecule has 1 aliphatic heterocycles. The average Bonchev–Trinajstić information content (AvgIpc) is 3.00. The van der Waals surface area contributed by atoms with Gasteiger partial charge in [0, 0.05) is 18.0 Å². The molecule has 4 N–H and O–H groups in total. The Morgan fingerprint density at radius 2 is 1.85 bits per heavy atom. The number of hydrogen-bond acceptors (Lipinski definition) is 8. The minimum Gasteiger partial charge on any atom is -0.542 e. The molecule has 1 unspecified atom stereocenters. The number of hydrogen-bond donors (Lipinski definition) is 3. The Labute approximate surface area is 272 Å². The number of anilines is 1. The second kappa shape index (κ2) is 15.3. The fraction of sp³-hybridized carbons (Fsp3) is 0.344. The number of alkyl halides is 3. The monoisotopic (exact) mass is 675 g/mol. The lowest BCUT2D eigenvalue weighted by molar-refractivity contribution is -0.698. The molecule has 47 heavy (non-hydrogen) atoms. The third kappa shape index (κ3) is 9.20. The largest absolute Gasteiger partial charge is 0.542 e. The van der Waals surface area contributed by atoms with Crippen LogP contribution in [0.3, 0.4) is 0 Å². The minimum absolute atomic E-state index is 0.129. The predicted octanol–water partition coefficient (Wildman–Crippen LogP) is 3.70. The van der Waals surface area contributed by atoms with E-state index in [0.29, 0.717) is 34.9 Å². The molecular formula is C32H33ClF3N5O6. The number of rotatable bonds is 8. The number of carbonyl (C=O) groups excluding carboxylic acids is 2. The number of aromatic amines is 1. The summed E-state index contributed by atoms with van der Waals surface area (Å²) in [4.78, 5) is 46.6. The van der Waals surface area contributed by atoms with Crippen molar-refractivity contribution < 1.29 is 42.7 Å². The van der Waals surface area contributed by atoms with Gasteiger partial charge in [-0.1, -0.05) is 40.9 Å². The number of H-pyrrole nitrogens is 1. The summed E-state index contributed by atoms with van der Waals surface area (Å²) in [7, 11) is 1.45. The topological polar surface area (TPSA) is 163 Å². The van der Waals surface area contributed by atoms with E-state index in [1.165, 1.54) is 26.1 Å². The number of benzene rings is 2. The molecule has 1 amide bonds. The molecular weight excluding hydrogens is 643 g/mol. The summed E-state index contributed by atoms with van der Waals surface area (Å²) >= 11 is 6.55. The van der Waals surface area contributed by atoms with Gasteiger partial charge < -0.3 is 35.0 Å². The molecule has 250 valence electrons. The number of fused-ring (bicyclic) bond motifs is 1. The number of carboxylic acid groups (broad SMARTS) is 1. The number of pyridine rings is 1. The highest BCUT2D eigenvalue weighted by atomic mass is 35.5. The van der Waals surface area contributed by atoms with Gasteiger partial charge in [-0.15, -0.1) is 0 Å². The Kier molecular flexibility index (Phi) is 11.4. The number of nitrogens with one attached hydrogen (secondary N) is 2. The normalized spacial score (nSPS) is 14.6. The number of aliphatic carboxylic acids is 1. The van der Waals surface area contributed by atoms with Crippen LogP contribution in [0.1, 0.15) is 47.2 Å². The number of quaternary nitrogens is 1. The highest BCUT2D eigenvalue weighted by Crippen LogP contribution is 2.37. The van der Waals surface area contributed by atoms with E-state index in [1.807, 2.05) is 26.0 Å². The Morgan fingerprint density at radius 1 is 1.15 bits per heavy atom. The number of halogens is 4. The first-order chi connectivity index (χ1) is 22.3. The van der Waals surface area contributed by atoms with Crippen LogP contribution in [0.2, 0.25) is 5.02 Å². The molecule has 15 heteroatoms. The summed E-state index contributed by atoms with van der Waals surface area (Å²) in [6.45, 7) is 5.56. The van der Waals surface area contributed by atoms with Crippen LogP contribution in [0, 0.1) is 13.8 Å². The molecule has 2 aromatic heterocycles. The van der Waals surface area contributed by atoms with E-state index < -0.39 is 18.1 Å². The standard InChI is InChI=1S/C30H32ClN5O4.C2HF3O2/c1-17-12-18(2)14-19(13-17)26-27(40-11-8-20-6-4-5-9-32-20)22-15-21(23(31)16-24(22)34-29(26)38)28(37)35-25-7-10-33-30(36-25)39-3;3-2(4,5)1(6)7/h7,10,12-16,20,32H,4-6,8-9,11H2,1-3H3,(H,34,38)(H,33,35,36,37);(H,6,7). The predicted molar refractivity (Wildman–Crippen MR) is 167 cm³/mol. The number of piperidine rings is 1. The second-order valence-electron chi connectivity index (χ2n) is 11.0. The number of aromatic nitrogens is 3. The number of amides is 1. The summed E-state index contributed by atoms with van der Waals surface area (Å²) in [6.07, 6.45) is 0.757. The maximum atomic E-state index is 13.5. The molecule has 0 bridgehead atoms. The Hall–Kier alpha value is -4.69. The van der Waals surface area contributed by atoms with Gasteiger partial charge in [-0.05, 0) is 56.9 Å². The minimum atomic E-state index is -5.19. The fourth-order valence-corrected chi connectivity index (χ4v) is 5.53. The van der Waals surface area contributed by atoms with Crippen molar-refractivity contribution in [2.24, 2.45) is 0 Å². The van der Waals surface area contributed by atoms with E-state index in [9.17, 15) is 22.8 Å². The van der Waals surface area contributed by atoms with Gasteiger partial charge in [0.05, 0.1) is 48.0 Å². The van der Waals surface area contributed by atoms with E-state index in [2.05, 4.69) is 31.7 Å². The number of aryl methyl sites for hydroxylation is 2. The van der Waals surface area contributed by atoms with E-state index >= 15 is 0 Å². The van der Waals surface area contributed by atoms with Gasteiger partial charge in [-0.2, -0.15) is 18.2 Å². The molecule has 4 aromatic rings. The van der Waals surface area contributed by atoms with E-state index in [4.69, 9.17) is 31.0 Å². The highest BCUT2D eigenvalue weighted by molar-refractivity contribution is 6.35. The van der Waals surface area contributed by atoms with Gasteiger partial charge in [0.2, 0.25) is 0 Å². The zero-order valence-corrected chi connectivity index (χ0v) is 26.6. The molecule has 0 radical (unpaired) electrons. The second-order valence-corrected chi connectivity index (χ2v) is 11.4. The van der Waals surface area contributed by atoms with Crippen molar-refractivity contribution in [2.45, 2.75) is 51.7 Å². The van der Waals surface area contributed by atoms with Crippen molar-refractivity contribution in [1.82, 2.24) is 15.0 Å². The molecule has 0 aliphatic carbocycles. The summed E-state index contributed by atoms with van der Waals surface area (Å²) < 4.78 is 43.0. The zero-order chi connectivity index (χ0) is 34.3. The maximum Gasteiger partial charge on any atom is 0.430 e. The smallest absolute Gasteiger partial charge is 0.430 e. The number of carbonyl (C=O) groups is 2. The van der Waals surface area contributed by atoms with Crippen molar-refractivity contribution in [3.05, 3.63) is 74.7 Å². The molecule has 3 heterocycles. The van der Waals surface area contributed by atoms with Crippen molar-refractivity contribution in [2.75, 3.05) is 25.6 Å². The third-order valence-corrected chi connectivity index (χ3v) is 7.68. The molecule has 0 saturated carbocycles. The lowest BCUT2D eigenvalue weighted by Gasteiger charge is -2.21. The van der Waals surface area contributed by atoms with Crippen LogP contribution in [0.15, 0.2) is 47.4 Å². The Morgan fingerprint density at radius 3 is 2.47 bits per heavy atom. The van der Waals surface area contributed by atoms with Crippen LogP contribution in [-0.4, -0.2) is 59.3 Å². The lowest BCUT2D eigenvalue weighted by Crippen LogP contribution is -2.91. The highest BCUT2D eigenvalue weighted by Gasteiger charge is 2.29.